The number of ether oxygens (including phenoxy) is 3. The maximum Gasteiger partial charge on any atom is 0.491 e. The Labute approximate surface area is 283 Å². The summed E-state index contributed by atoms with van der Waals surface area (Å²) in [5.74, 6) is -4.86. The molecule has 0 aliphatic heterocycles. The van der Waals surface area contributed by atoms with E-state index in [-0.39, 0.29) is 21.5 Å². The van der Waals surface area contributed by atoms with Gasteiger partial charge in [0.05, 0.1) is 45.2 Å². The normalized spacial score (nSPS) is 12.9. The Morgan fingerprint density at radius 3 is 2.19 bits per heavy atom. The molecule has 0 aliphatic carbocycles. The summed E-state index contributed by atoms with van der Waals surface area (Å²) in [4.78, 5) is 16.0. The number of alkyl halides is 3. The van der Waals surface area contributed by atoms with Crippen LogP contribution >= 0.6 is 23.4 Å². The lowest BCUT2D eigenvalue weighted by atomic mass is 9.81. The molecule has 1 heterocycles. The smallest absolute Gasteiger partial charge is 0.491 e. The van der Waals surface area contributed by atoms with E-state index in [2.05, 4.69) is 9.72 Å². The standard InChI is InChI=1S/C33H33ClF6N3O4S/c1-32(2,19-7-12-24(34)27(13-19)45-6)28-16-41-31(42(28)21-10-8-20(35)9-11-21)48-18-23-25(36)14-22(15-26(23)37)46-17-29(43(3,4)5)47-30(44)33(38,39)40/h7-16,29H,17-18H2,1-6H3/q+1. The van der Waals surface area contributed by atoms with Gasteiger partial charge in [-0.1, -0.05) is 43.3 Å². The van der Waals surface area contributed by atoms with Crippen molar-refractivity contribution in [3.05, 3.63) is 100 Å². The Balaban J connectivity index is 1.61. The highest BCUT2D eigenvalue weighted by atomic mass is 35.5. The molecular weight excluding hydrogens is 684 g/mol. The molecule has 1 atom stereocenters. The van der Waals surface area contributed by atoms with E-state index in [1.165, 1.54) is 40.4 Å². The fourth-order valence-electron chi connectivity index (χ4n) is 4.63. The zero-order valence-corrected chi connectivity index (χ0v) is 28.4. The summed E-state index contributed by atoms with van der Waals surface area (Å²) in [6, 6.07) is 12.8. The van der Waals surface area contributed by atoms with Crippen molar-refractivity contribution < 1.29 is 49.8 Å². The highest BCUT2D eigenvalue weighted by molar-refractivity contribution is 7.98. The van der Waals surface area contributed by atoms with Crippen LogP contribution in [0.15, 0.2) is 66.0 Å². The number of hydrogen-bond donors (Lipinski definition) is 0. The number of rotatable bonds is 12. The third kappa shape index (κ3) is 8.39. The number of imidazole rings is 1. The Morgan fingerprint density at radius 2 is 1.62 bits per heavy atom. The largest absolute Gasteiger partial charge is 0.495 e. The fraction of sp³-hybridized carbons (Fsp3) is 0.333. The second kappa shape index (κ2) is 14.3. The molecule has 15 heteroatoms. The zero-order valence-electron chi connectivity index (χ0n) is 26.8. The zero-order chi connectivity index (χ0) is 35.6. The van der Waals surface area contributed by atoms with Crippen molar-refractivity contribution in [2.75, 3.05) is 34.9 Å². The average Bonchev–Trinajstić information content (AvgIpc) is 3.43. The summed E-state index contributed by atoms with van der Waals surface area (Å²) in [7, 11) is 5.90. The highest BCUT2D eigenvalue weighted by Gasteiger charge is 2.45. The van der Waals surface area contributed by atoms with Gasteiger partial charge >= 0.3 is 12.1 Å². The Hall–Kier alpha value is -3.88. The Morgan fingerprint density at radius 1 is 1.00 bits per heavy atom. The summed E-state index contributed by atoms with van der Waals surface area (Å²) in [5.41, 5.74) is 1.06. The molecule has 4 aromatic rings. The summed E-state index contributed by atoms with van der Waals surface area (Å²) >= 11 is 7.28. The molecular formula is C33H33ClF6N3O4S+. The molecule has 0 saturated heterocycles. The lowest BCUT2D eigenvalue weighted by Crippen LogP contribution is -2.52. The van der Waals surface area contributed by atoms with E-state index in [9.17, 15) is 22.4 Å². The summed E-state index contributed by atoms with van der Waals surface area (Å²) in [6.07, 6.45) is -5.03. The van der Waals surface area contributed by atoms with Gasteiger partial charge in [0, 0.05) is 34.6 Å². The van der Waals surface area contributed by atoms with Crippen LogP contribution < -0.4 is 9.47 Å². The molecule has 1 aromatic heterocycles. The molecule has 0 saturated carbocycles. The lowest BCUT2D eigenvalue weighted by molar-refractivity contribution is -0.917. The van der Waals surface area contributed by atoms with Crippen molar-refractivity contribution >= 4 is 29.3 Å². The van der Waals surface area contributed by atoms with Gasteiger partial charge in [-0.25, -0.2) is 22.9 Å². The van der Waals surface area contributed by atoms with E-state index in [1.807, 2.05) is 19.9 Å². The molecule has 0 spiro atoms. The van der Waals surface area contributed by atoms with Crippen molar-refractivity contribution in [1.82, 2.24) is 9.55 Å². The van der Waals surface area contributed by atoms with Crippen molar-refractivity contribution in [3.63, 3.8) is 0 Å². The maximum atomic E-state index is 15.3. The van der Waals surface area contributed by atoms with Crippen LogP contribution in [0.25, 0.3) is 5.69 Å². The van der Waals surface area contributed by atoms with Crippen LogP contribution in [0.3, 0.4) is 0 Å². The van der Waals surface area contributed by atoms with E-state index >= 15 is 8.78 Å². The monoisotopic (exact) mass is 716 g/mol. The molecule has 0 N–H and O–H groups in total. The first kappa shape index (κ1) is 36.9. The van der Waals surface area contributed by atoms with Gasteiger partial charge in [-0.2, -0.15) is 13.2 Å². The van der Waals surface area contributed by atoms with Crippen molar-refractivity contribution in [2.24, 2.45) is 0 Å². The van der Waals surface area contributed by atoms with Gasteiger partial charge in [0.1, 0.15) is 29.0 Å². The SMILES string of the molecule is COc1cc(C(C)(C)c2cnc(SCc3c(F)cc(OCC(OC(=O)C(F)(F)F)[N+](C)(C)C)cc3F)n2-c2ccc(F)cc2)ccc1Cl. The van der Waals surface area contributed by atoms with Gasteiger partial charge < -0.3 is 14.2 Å². The first-order valence-corrected chi connectivity index (χ1v) is 15.7. The number of hydrogen-bond acceptors (Lipinski definition) is 6. The number of halogens is 7. The average molecular weight is 717 g/mol. The maximum absolute atomic E-state index is 15.3. The van der Waals surface area contributed by atoms with E-state index in [0.717, 1.165) is 29.5 Å². The molecule has 258 valence electrons. The number of likely N-dealkylation sites (N-methyl/N-ethyl adjacent to an activating group) is 1. The fourth-order valence-corrected chi connectivity index (χ4v) is 5.83. The number of methoxy groups -OCH3 is 1. The molecule has 0 bridgehead atoms. The minimum Gasteiger partial charge on any atom is -0.495 e. The number of esters is 1. The van der Waals surface area contributed by atoms with Crippen LogP contribution in [-0.2, 0) is 20.7 Å². The molecule has 0 amide bonds. The van der Waals surface area contributed by atoms with Crippen LogP contribution in [0.1, 0.15) is 30.7 Å². The van der Waals surface area contributed by atoms with Gasteiger partial charge in [-0.15, -0.1) is 0 Å². The molecule has 3 aromatic carbocycles. The van der Waals surface area contributed by atoms with Crippen molar-refractivity contribution in [1.29, 1.82) is 0 Å². The minimum absolute atomic E-state index is 0.213. The molecule has 0 radical (unpaired) electrons. The predicted molar refractivity (Wildman–Crippen MR) is 169 cm³/mol. The number of benzene rings is 3. The quantitative estimate of drug-likeness (QED) is 0.0486. The molecule has 0 aliphatic rings. The summed E-state index contributed by atoms with van der Waals surface area (Å²) in [5, 5.41) is 0.792. The molecule has 4 rings (SSSR count). The van der Waals surface area contributed by atoms with Gasteiger partial charge in [0.25, 0.3) is 6.23 Å². The van der Waals surface area contributed by atoms with E-state index in [1.54, 1.807) is 35.0 Å². The number of aromatic nitrogens is 2. The highest BCUT2D eigenvalue weighted by Crippen LogP contribution is 2.39. The summed E-state index contributed by atoms with van der Waals surface area (Å²) in [6.45, 7) is 3.30. The molecule has 7 nitrogen and oxygen atoms in total. The van der Waals surface area contributed by atoms with Crippen LogP contribution in [0.4, 0.5) is 26.3 Å². The van der Waals surface area contributed by atoms with Gasteiger partial charge in [-0.3, -0.25) is 9.05 Å². The van der Waals surface area contributed by atoms with Crippen LogP contribution in [0.2, 0.25) is 5.02 Å². The first-order chi connectivity index (χ1) is 22.3. The predicted octanol–water partition coefficient (Wildman–Crippen LogP) is 8.09. The van der Waals surface area contributed by atoms with Crippen molar-refractivity contribution in [3.8, 4) is 17.2 Å². The molecule has 1 unspecified atom stereocenters. The molecule has 48 heavy (non-hydrogen) atoms. The van der Waals surface area contributed by atoms with E-state index < -0.39 is 47.8 Å². The van der Waals surface area contributed by atoms with Gasteiger partial charge in [-0.05, 0) is 42.0 Å². The second-order valence-electron chi connectivity index (χ2n) is 12.2. The van der Waals surface area contributed by atoms with Crippen molar-refractivity contribution in [2.45, 2.75) is 42.6 Å². The first-order valence-electron chi connectivity index (χ1n) is 14.3. The number of nitrogens with zero attached hydrogens (tertiary/aromatic N) is 3. The van der Waals surface area contributed by atoms with Gasteiger partial charge in [0.15, 0.2) is 11.8 Å². The van der Waals surface area contributed by atoms with Crippen LogP contribution in [-0.4, -0.2) is 67.3 Å². The second-order valence-corrected chi connectivity index (χ2v) is 13.5. The topological polar surface area (TPSA) is 62.6 Å². The third-order valence-corrected chi connectivity index (χ3v) is 8.81. The molecule has 0 fully saturated rings. The summed E-state index contributed by atoms with van der Waals surface area (Å²) < 4.78 is 99.5. The van der Waals surface area contributed by atoms with E-state index in [0.29, 0.717) is 27.3 Å². The number of carbonyl (C=O) groups excluding carboxylic acids is 1. The number of thioether (sulfide) groups is 1. The minimum atomic E-state index is -5.23. The number of quaternary nitrogens is 1. The van der Waals surface area contributed by atoms with Gasteiger partial charge in [0.2, 0.25) is 0 Å². The Bertz CT molecular complexity index is 1750. The number of carbonyl (C=O) groups is 1. The van der Waals surface area contributed by atoms with Crippen LogP contribution in [0.5, 0.6) is 11.5 Å². The lowest BCUT2D eigenvalue weighted by Gasteiger charge is -2.32. The van der Waals surface area contributed by atoms with E-state index in [4.69, 9.17) is 21.1 Å². The third-order valence-electron chi connectivity index (χ3n) is 7.52. The van der Waals surface area contributed by atoms with Crippen LogP contribution in [0, 0.1) is 17.5 Å². The Kier molecular flexibility index (Phi) is 11.0.